The Bertz CT molecular complexity index is 1410. The Hall–Kier alpha value is -3.36. The molecule has 8 heteroatoms. The molecule has 0 aliphatic carbocycles. The van der Waals surface area contributed by atoms with Crippen LogP contribution in [0.1, 0.15) is 47.2 Å². The molecule has 1 atom stereocenters. The first-order valence-electron chi connectivity index (χ1n) is 12.0. The molecule has 4 rings (SSSR count). The molecular weight excluding hydrogens is 474 g/mol. The van der Waals surface area contributed by atoms with Crippen LogP contribution >= 0.6 is 0 Å². The lowest BCUT2D eigenvalue weighted by Crippen LogP contribution is -2.52. The van der Waals surface area contributed by atoms with Crippen molar-refractivity contribution in [3.05, 3.63) is 88.0 Å². The maximum absolute atomic E-state index is 13.9. The van der Waals surface area contributed by atoms with E-state index in [0.717, 1.165) is 27.8 Å². The Kier molecular flexibility index (Phi) is 6.86. The lowest BCUT2D eigenvalue weighted by atomic mass is 9.89. The normalized spacial score (nSPS) is 17.6. The van der Waals surface area contributed by atoms with Crippen molar-refractivity contribution in [3.8, 4) is 5.75 Å². The summed E-state index contributed by atoms with van der Waals surface area (Å²) in [6.07, 6.45) is 0. The Balaban J connectivity index is 1.79. The molecule has 3 aromatic rings. The number of aryl methyl sites for hydroxylation is 3. The number of anilines is 1. The van der Waals surface area contributed by atoms with Crippen LogP contribution in [0.2, 0.25) is 0 Å². The smallest absolute Gasteiger partial charge is 0.264 e. The van der Waals surface area contributed by atoms with Crippen molar-refractivity contribution < 1.29 is 17.9 Å². The van der Waals surface area contributed by atoms with Crippen LogP contribution < -0.4 is 15.2 Å². The molecule has 1 unspecified atom stereocenters. The Labute approximate surface area is 213 Å². The minimum absolute atomic E-state index is 0.0579. The molecule has 0 radical (unpaired) electrons. The highest BCUT2D eigenvalue weighted by molar-refractivity contribution is 7.90. The average Bonchev–Trinajstić information content (AvgIpc) is 3.10. The molecule has 1 heterocycles. The number of nitrogens with two attached hydrogens (primary N) is 1. The number of nitrogens with one attached hydrogen (secondary N) is 1. The van der Waals surface area contributed by atoms with Gasteiger partial charge in [-0.25, -0.2) is 13.1 Å². The number of nitrogens with zero attached hydrogens (tertiary/aromatic N) is 1. The average molecular weight is 508 g/mol. The monoisotopic (exact) mass is 507 g/mol. The molecular formula is C28H33N3O4S. The number of sulfonamides is 1. The standard InChI is InChI=1S/C28H33N3O4S/c1-6-35-26-12-8-11-25-24(26)17-31(16-23-19(3)13-18(2)14-20(23)4)28(25,5)27(32)30-36(33,34)22-10-7-9-21(29)15-22/h7-15H,6,16-17,29H2,1-5H3,(H,30,32). The van der Waals surface area contributed by atoms with E-state index in [1.54, 1.807) is 19.1 Å². The van der Waals surface area contributed by atoms with Gasteiger partial charge in [-0.1, -0.05) is 35.9 Å². The van der Waals surface area contributed by atoms with Gasteiger partial charge >= 0.3 is 0 Å². The number of benzene rings is 3. The highest BCUT2D eigenvalue weighted by Gasteiger charge is 2.49. The van der Waals surface area contributed by atoms with Crippen molar-refractivity contribution in [1.82, 2.24) is 9.62 Å². The summed E-state index contributed by atoms with van der Waals surface area (Å²) in [4.78, 5) is 15.9. The van der Waals surface area contributed by atoms with Crippen LogP contribution in [0.5, 0.6) is 5.75 Å². The number of carbonyl (C=O) groups is 1. The van der Waals surface area contributed by atoms with E-state index in [9.17, 15) is 13.2 Å². The van der Waals surface area contributed by atoms with Gasteiger partial charge in [-0.15, -0.1) is 0 Å². The zero-order valence-corrected chi connectivity index (χ0v) is 22.2. The van der Waals surface area contributed by atoms with Gasteiger partial charge in [0.05, 0.1) is 11.5 Å². The van der Waals surface area contributed by atoms with Crippen molar-refractivity contribution >= 4 is 21.6 Å². The molecule has 1 aliphatic heterocycles. The summed E-state index contributed by atoms with van der Waals surface area (Å²) in [6.45, 7) is 11.3. The van der Waals surface area contributed by atoms with E-state index < -0.39 is 21.5 Å². The number of rotatable bonds is 7. The molecule has 0 saturated heterocycles. The first-order chi connectivity index (χ1) is 17.0. The van der Waals surface area contributed by atoms with E-state index in [1.165, 1.54) is 17.7 Å². The third-order valence-corrected chi connectivity index (χ3v) is 8.29. The number of fused-ring (bicyclic) bond motifs is 1. The van der Waals surface area contributed by atoms with Gasteiger partial charge in [-0.2, -0.15) is 0 Å². The van der Waals surface area contributed by atoms with Gasteiger partial charge in [-0.3, -0.25) is 9.69 Å². The molecule has 190 valence electrons. The fraction of sp³-hybridized carbons (Fsp3) is 0.321. The summed E-state index contributed by atoms with van der Waals surface area (Å²) >= 11 is 0. The number of hydrogen-bond acceptors (Lipinski definition) is 6. The van der Waals surface area contributed by atoms with E-state index in [4.69, 9.17) is 10.5 Å². The molecule has 36 heavy (non-hydrogen) atoms. The van der Waals surface area contributed by atoms with E-state index >= 15 is 0 Å². The zero-order chi connectivity index (χ0) is 26.3. The molecule has 7 nitrogen and oxygen atoms in total. The number of hydrogen-bond donors (Lipinski definition) is 2. The van der Waals surface area contributed by atoms with E-state index in [-0.39, 0.29) is 4.90 Å². The fourth-order valence-corrected chi connectivity index (χ4v) is 6.20. The van der Waals surface area contributed by atoms with Crippen molar-refractivity contribution in [2.45, 2.75) is 58.1 Å². The molecule has 0 saturated carbocycles. The summed E-state index contributed by atoms with van der Waals surface area (Å²) in [5.41, 5.74) is 11.0. The molecule has 0 bridgehead atoms. The minimum atomic E-state index is -4.14. The van der Waals surface area contributed by atoms with Gasteiger partial charge in [0.15, 0.2) is 0 Å². The van der Waals surface area contributed by atoms with Gasteiger partial charge in [0.1, 0.15) is 11.3 Å². The number of carbonyl (C=O) groups excluding carboxylic acids is 1. The Morgan fingerprint density at radius 3 is 2.39 bits per heavy atom. The Morgan fingerprint density at radius 2 is 1.75 bits per heavy atom. The lowest BCUT2D eigenvalue weighted by Gasteiger charge is -2.35. The predicted octanol–water partition coefficient (Wildman–Crippen LogP) is 4.33. The van der Waals surface area contributed by atoms with Crippen LogP contribution in [0.4, 0.5) is 5.69 Å². The highest BCUT2D eigenvalue weighted by atomic mass is 32.2. The quantitative estimate of drug-likeness (QED) is 0.462. The van der Waals surface area contributed by atoms with Crippen LogP contribution in [-0.4, -0.2) is 25.8 Å². The molecule has 0 fully saturated rings. The molecule has 3 N–H and O–H groups in total. The predicted molar refractivity (Wildman–Crippen MR) is 141 cm³/mol. The van der Waals surface area contributed by atoms with Crippen LogP contribution in [0, 0.1) is 20.8 Å². The second-order valence-electron chi connectivity index (χ2n) is 9.53. The summed E-state index contributed by atoms with van der Waals surface area (Å²) in [6, 6.07) is 15.7. The summed E-state index contributed by atoms with van der Waals surface area (Å²) in [5, 5.41) is 0. The first kappa shape index (κ1) is 25.7. The van der Waals surface area contributed by atoms with E-state index in [2.05, 4.69) is 37.6 Å². The van der Waals surface area contributed by atoms with E-state index in [1.807, 2.05) is 30.0 Å². The van der Waals surface area contributed by atoms with Crippen molar-refractivity contribution in [2.75, 3.05) is 12.3 Å². The largest absolute Gasteiger partial charge is 0.494 e. The van der Waals surface area contributed by atoms with Gasteiger partial charge in [0, 0.05) is 24.3 Å². The Morgan fingerprint density at radius 1 is 1.08 bits per heavy atom. The second-order valence-corrected chi connectivity index (χ2v) is 11.2. The summed E-state index contributed by atoms with van der Waals surface area (Å²) in [7, 11) is -4.14. The molecule has 0 spiro atoms. The molecule has 1 amide bonds. The summed E-state index contributed by atoms with van der Waals surface area (Å²) in [5.74, 6) is 0.0762. The van der Waals surface area contributed by atoms with Gasteiger partial charge < -0.3 is 10.5 Å². The third-order valence-electron chi connectivity index (χ3n) is 6.97. The topological polar surface area (TPSA) is 102 Å². The fourth-order valence-electron chi connectivity index (χ4n) is 5.09. The zero-order valence-electron chi connectivity index (χ0n) is 21.4. The minimum Gasteiger partial charge on any atom is -0.494 e. The van der Waals surface area contributed by atoms with Crippen LogP contribution in [0.25, 0.3) is 0 Å². The number of amides is 1. The molecule has 3 aromatic carbocycles. The maximum Gasteiger partial charge on any atom is 0.264 e. The number of ether oxygens (including phenoxy) is 1. The van der Waals surface area contributed by atoms with Crippen molar-refractivity contribution in [3.63, 3.8) is 0 Å². The van der Waals surface area contributed by atoms with Crippen LogP contribution in [0.15, 0.2) is 59.5 Å². The van der Waals surface area contributed by atoms with E-state index in [0.29, 0.717) is 31.1 Å². The summed E-state index contributed by atoms with van der Waals surface area (Å²) < 4.78 is 34.5. The molecule has 1 aliphatic rings. The van der Waals surface area contributed by atoms with Crippen LogP contribution in [-0.2, 0) is 33.4 Å². The van der Waals surface area contributed by atoms with Crippen molar-refractivity contribution in [1.29, 1.82) is 0 Å². The highest BCUT2D eigenvalue weighted by Crippen LogP contribution is 2.44. The van der Waals surface area contributed by atoms with Gasteiger partial charge in [-0.05, 0) is 81.1 Å². The van der Waals surface area contributed by atoms with Gasteiger partial charge in [0.25, 0.3) is 15.9 Å². The second kappa shape index (κ2) is 9.59. The lowest BCUT2D eigenvalue weighted by molar-refractivity contribution is -0.131. The number of nitrogen functional groups attached to an aromatic ring is 1. The SMILES string of the molecule is CCOc1cccc2c1CN(Cc1c(C)cc(C)cc1C)C2(C)C(=O)NS(=O)(=O)c1cccc(N)c1. The third kappa shape index (κ3) is 4.58. The maximum atomic E-state index is 13.9. The van der Waals surface area contributed by atoms with Crippen LogP contribution in [0.3, 0.4) is 0 Å². The first-order valence-corrected chi connectivity index (χ1v) is 13.5. The van der Waals surface area contributed by atoms with Gasteiger partial charge in [0.2, 0.25) is 0 Å². The molecule has 0 aromatic heterocycles. The van der Waals surface area contributed by atoms with Crippen molar-refractivity contribution in [2.24, 2.45) is 0 Å².